The maximum Gasteiger partial charge on any atom is 0.0154 e. The Morgan fingerprint density at radius 3 is 1.76 bits per heavy atom. The highest BCUT2D eigenvalue weighted by atomic mass is 32.2. The second-order valence-corrected chi connectivity index (χ2v) is 5.92. The quantitative estimate of drug-likeness (QED) is 0.618. The molecule has 0 bridgehead atoms. The molecule has 0 N–H and O–H groups in total. The van der Waals surface area contributed by atoms with Gasteiger partial charge in [0, 0.05) is 20.4 Å². The van der Waals surface area contributed by atoms with Gasteiger partial charge in [0.25, 0.3) is 0 Å². The molecule has 0 aliphatic rings. The minimum absolute atomic E-state index is 0.799. The molecule has 0 fully saturated rings. The molecule has 3 heteroatoms. The van der Waals surface area contributed by atoms with Crippen LogP contribution >= 0.6 is 36.2 Å². The largest absolute Gasteiger partial charge is 0.175 e. The summed E-state index contributed by atoms with van der Waals surface area (Å²) in [7, 11) is 0. The molecule has 0 nitrogen and oxygen atoms in total. The lowest BCUT2D eigenvalue weighted by Crippen LogP contribution is -1.78. The van der Waals surface area contributed by atoms with E-state index < -0.39 is 0 Å². The Labute approximate surface area is 117 Å². The Morgan fingerprint density at radius 2 is 1.29 bits per heavy atom. The maximum absolute atomic E-state index is 4.26. The van der Waals surface area contributed by atoms with Gasteiger partial charge in [-0.2, -0.15) is 12.6 Å². The maximum atomic E-state index is 4.26. The van der Waals surface area contributed by atoms with Crippen molar-refractivity contribution in [1.82, 2.24) is 0 Å². The van der Waals surface area contributed by atoms with Crippen molar-refractivity contribution in [2.45, 2.75) is 20.4 Å². The normalized spacial score (nSPS) is 10.5. The zero-order valence-electron chi connectivity index (χ0n) is 9.59. The number of hydrogen-bond acceptors (Lipinski definition) is 3. The smallest absolute Gasteiger partial charge is 0.0154 e. The van der Waals surface area contributed by atoms with Gasteiger partial charge in [0.05, 0.1) is 0 Å². The topological polar surface area (TPSA) is 0 Å². The van der Waals surface area contributed by atoms with Crippen molar-refractivity contribution in [2.75, 3.05) is 6.26 Å². The van der Waals surface area contributed by atoms with E-state index in [1.54, 1.807) is 23.5 Å². The zero-order chi connectivity index (χ0) is 12.1. The summed E-state index contributed by atoms with van der Waals surface area (Å²) in [6.45, 7) is 0. The first kappa shape index (κ1) is 12.9. The fourth-order valence-corrected chi connectivity index (χ4v) is 2.88. The van der Waals surface area contributed by atoms with Crippen molar-refractivity contribution in [3.05, 3.63) is 54.1 Å². The second-order valence-electron chi connectivity index (χ2n) is 3.58. The van der Waals surface area contributed by atoms with Gasteiger partial charge in [-0.15, -0.1) is 11.8 Å². The highest BCUT2D eigenvalue weighted by Crippen LogP contribution is 2.29. The summed E-state index contributed by atoms with van der Waals surface area (Å²) in [6, 6.07) is 17.2. The SMILES string of the molecule is CSc1ccc(Sc2ccc(CS)cc2)cc1. The predicted octanol–water partition coefficient (Wildman–Crippen LogP) is 4.99. The minimum Gasteiger partial charge on any atom is -0.175 e. The molecule has 88 valence electrons. The third-order valence-corrected chi connectivity index (χ3v) is 4.53. The van der Waals surface area contributed by atoms with Gasteiger partial charge < -0.3 is 0 Å². The van der Waals surface area contributed by atoms with E-state index in [0.29, 0.717) is 0 Å². The van der Waals surface area contributed by atoms with E-state index >= 15 is 0 Å². The van der Waals surface area contributed by atoms with E-state index in [1.165, 1.54) is 20.2 Å². The van der Waals surface area contributed by atoms with Crippen LogP contribution in [-0.4, -0.2) is 6.26 Å². The minimum atomic E-state index is 0.799. The van der Waals surface area contributed by atoms with Crippen LogP contribution in [0.2, 0.25) is 0 Å². The van der Waals surface area contributed by atoms with Gasteiger partial charge in [-0.3, -0.25) is 0 Å². The molecule has 0 spiro atoms. The van der Waals surface area contributed by atoms with Crippen molar-refractivity contribution in [3.8, 4) is 0 Å². The van der Waals surface area contributed by atoms with Gasteiger partial charge in [0.2, 0.25) is 0 Å². The summed E-state index contributed by atoms with van der Waals surface area (Å²) >= 11 is 7.82. The van der Waals surface area contributed by atoms with Crippen LogP contribution in [0.25, 0.3) is 0 Å². The van der Waals surface area contributed by atoms with Crippen molar-refractivity contribution in [2.24, 2.45) is 0 Å². The highest BCUT2D eigenvalue weighted by Gasteiger charge is 1.98. The van der Waals surface area contributed by atoms with Gasteiger partial charge in [-0.1, -0.05) is 23.9 Å². The molecule has 2 aromatic carbocycles. The highest BCUT2D eigenvalue weighted by molar-refractivity contribution is 7.99. The molecule has 0 heterocycles. The molecule has 2 rings (SSSR count). The number of benzene rings is 2. The van der Waals surface area contributed by atoms with Crippen LogP contribution in [0.4, 0.5) is 0 Å². The average molecular weight is 278 g/mol. The lowest BCUT2D eigenvalue weighted by atomic mass is 10.2. The average Bonchev–Trinajstić information content (AvgIpc) is 2.40. The molecule has 2 aromatic rings. The molecule has 0 radical (unpaired) electrons. The molecular formula is C14H14S3. The van der Waals surface area contributed by atoms with E-state index in [4.69, 9.17) is 0 Å². The van der Waals surface area contributed by atoms with Crippen LogP contribution < -0.4 is 0 Å². The van der Waals surface area contributed by atoms with E-state index in [2.05, 4.69) is 67.4 Å². The van der Waals surface area contributed by atoms with Crippen LogP contribution in [0.1, 0.15) is 5.56 Å². The van der Waals surface area contributed by atoms with Crippen molar-refractivity contribution < 1.29 is 0 Å². The molecule has 0 aliphatic carbocycles. The molecule has 0 saturated heterocycles. The van der Waals surface area contributed by atoms with E-state index in [1.807, 2.05) is 0 Å². The first-order valence-corrected chi connectivity index (χ1v) is 8.01. The van der Waals surface area contributed by atoms with Gasteiger partial charge in [-0.05, 0) is 48.2 Å². The lowest BCUT2D eigenvalue weighted by molar-refractivity contribution is 1.32. The van der Waals surface area contributed by atoms with Crippen molar-refractivity contribution >= 4 is 36.2 Å². The molecule has 0 saturated carbocycles. The summed E-state index contributed by atoms with van der Waals surface area (Å²) in [4.78, 5) is 3.86. The lowest BCUT2D eigenvalue weighted by Gasteiger charge is -2.03. The summed E-state index contributed by atoms with van der Waals surface area (Å²) in [5, 5.41) is 0. The summed E-state index contributed by atoms with van der Waals surface area (Å²) in [5.41, 5.74) is 1.26. The Morgan fingerprint density at radius 1 is 0.824 bits per heavy atom. The Hall–Kier alpha value is -0.510. The van der Waals surface area contributed by atoms with Gasteiger partial charge >= 0.3 is 0 Å². The van der Waals surface area contributed by atoms with Crippen molar-refractivity contribution in [1.29, 1.82) is 0 Å². The first-order chi connectivity index (χ1) is 8.31. The Bertz CT molecular complexity index is 414. The molecule has 0 unspecified atom stereocenters. The van der Waals surface area contributed by atoms with Crippen LogP contribution in [0.15, 0.2) is 63.2 Å². The van der Waals surface area contributed by atoms with Gasteiger partial charge in [-0.25, -0.2) is 0 Å². The third kappa shape index (κ3) is 3.73. The number of hydrogen-bond donors (Lipinski definition) is 1. The summed E-state index contributed by atoms with van der Waals surface area (Å²) in [5.74, 6) is 0.799. The van der Waals surface area contributed by atoms with E-state index in [9.17, 15) is 0 Å². The number of thioether (sulfide) groups is 1. The van der Waals surface area contributed by atoms with E-state index in [-0.39, 0.29) is 0 Å². The fourth-order valence-electron chi connectivity index (χ4n) is 1.44. The fraction of sp³-hybridized carbons (Fsp3) is 0.143. The predicted molar refractivity (Wildman–Crippen MR) is 81.5 cm³/mol. The zero-order valence-corrected chi connectivity index (χ0v) is 12.1. The number of rotatable bonds is 4. The van der Waals surface area contributed by atoms with Crippen molar-refractivity contribution in [3.63, 3.8) is 0 Å². The Kier molecular flexibility index (Phi) is 4.89. The first-order valence-electron chi connectivity index (χ1n) is 5.33. The second kappa shape index (κ2) is 6.43. The van der Waals surface area contributed by atoms with Crippen LogP contribution in [-0.2, 0) is 5.75 Å². The molecule has 0 amide bonds. The third-order valence-electron chi connectivity index (χ3n) is 2.40. The van der Waals surface area contributed by atoms with E-state index in [0.717, 1.165) is 5.75 Å². The van der Waals surface area contributed by atoms with Crippen LogP contribution in [0.3, 0.4) is 0 Å². The molecule has 0 aliphatic heterocycles. The van der Waals surface area contributed by atoms with Gasteiger partial charge in [0.15, 0.2) is 0 Å². The summed E-state index contributed by atoms with van der Waals surface area (Å²) < 4.78 is 0. The van der Waals surface area contributed by atoms with Crippen LogP contribution in [0, 0.1) is 0 Å². The number of thiol groups is 1. The monoisotopic (exact) mass is 278 g/mol. The summed E-state index contributed by atoms with van der Waals surface area (Å²) in [6.07, 6.45) is 2.10. The molecular weight excluding hydrogens is 264 g/mol. The standard InChI is InChI=1S/C14H14S3/c1-16-12-6-8-14(9-7-12)17-13-4-2-11(10-15)3-5-13/h2-9,15H,10H2,1H3. The molecule has 17 heavy (non-hydrogen) atoms. The molecule has 0 atom stereocenters. The van der Waals surface area contributed by atoms with Gasteiger partial charge in [0.1, 0.15) is 0 Å². The Balaban J connectivity index is 2.08. The molecule has 0 aromatic heterocycles. The van der Waals surface area contributed by atoms with Crippen LogP contribution in [0.5, 0.6) is 0 Å².